The third-order valence-corrected chi connectivity index (χ3v) is 4.40. The van der Waals surface area contributed by atoms with Gasteiger partial charge < -0.3 is 20.5 Å². The molecule has 0 aromatic heterocycles. The van der Waals surface area contributed by atoms with Gasteiger partial charge in [0.2, 0.25) is 11.8 Å². The largest absolute Gasteiger partial charge is 0.481 e. The van der Waals surface area contributed by atoms with Gasteiger partial charge in [-0.05, 0) is 32.2 Å². The van der Waals surface area contributed by atoms with Crippen LogP contribution in [-0.2, 0) is 24.0 Å². The Morgan fingerprint density at radius 1 is 1.24 bits per heavy atom. The lowest BCUT2D eigenvalue weighted by Crippen LogP contribution is -2.64. The van der Waals surface area contributed by atoms with Gasteiger partial charge in [-0.3, -0.25) is 24.2 Å². The highest BCUT2D eigenvalue weighted by molar-refractivity contribution is 5.94. The maximum Gasteiger partial charge on any atom is 0.305 e. The lowest BCUT2D eigenvalue weighted by molar-refractivity contribution is -0.176. The van der Waals surface area contributed by atoms with Crippen molar-refractivity contribution in [3.8, 4) is 0 Å². The zero-order valence-electron chi connectivity index (χ0n) is 17.5. The average Bonchev–Trinajstić information content (AvgIpc) is 2.77. The summed E-state index contributed by atoms with van der Waals surface area (Å²) in [7, 11) is 1.61. The van der Waals surface area contributed by atoms with Crippen molar-refractivity contribution < 1.29 is 29.1 Å². The maximum absolute atomic E-state index is 12.7. The molecule has 2 rings (SSSR count). The molecule has 2 saturated heterocycles. The summed E-state index contributed by atoms with van der Waals surface area (Å²) in [5.41, 5.74) is 0. The number of carboxylic acid groups (broad SMARTS) is 1. The molecule has 2 fully saturated rings. The number of likely N-dealkylation sites (N-methyl/N-ethyl adjacent to an activating group) is 1. The van der Waals surface area contributed by atoms with Crippen molar-refractivity contribution >= 4 is 30.0 Å². The Labute approximate surface area is 170 Å². The SMILES string of the molecule is CC(C)C.CN[C@H]1CCC(=O)N2CCC[C@@H](C(=O)N[C@H](C=O)CC(=O)O)N2C1=O. The molecule has 3 N–H and O–H groups in total. The monoisotopic (exact) mass is 412 g/mol. The molecule has 2 aliphatic rings. The summed E-state index contributed by atoms with van der Waals surface area (Å²) in [4.78, 5) is 59.3. The van der Waals surface area contributed by atoms with Crippen molar-refractivity contribution in [2.75, 3.05) is 13.6 Å². The molecule has 3 atom stereocenters. The van der Waals surface area contributed by atoms with Crippen LogP contribution < -0.4 is 10.6 Å². The molecule has 29 heavy (non-hydrogen) atoms. The smallest absolute Gasteiger partial charge is 0.305 e. The number of amides is 3. The van der Waals surface area contributed by atoms with Gasteiger partial charge in [0.05, 0.1) is 18.5 Å². The molecule has 164 valence electrons. The minimum absolute atomic E-state index is 0.193. The minimum atomic E-state index is -1.22. The van der Waals surface area contributed by atoms with Crippen LogP contribution in [0, 0.1) is 5.92 Å². The number of fused-ring (bicyclic) bond motifs is 1. The van der Waals surface area contributed by atoms with Crippen molar-refractivity contribution in [3.05, 3.63) is 0 Å². The Bertz CT molecular complexity index is 621. The van der Waals surface area contributed by atoms with Gasteiger partial charge >= 0.3 is 5.97 Å². The van der Waals surface area contributed by atoms with Crippen molar-refractivity contribution in [1.82, 2.24) is 20.7 Å². The van der Waals surface area contributed by atoms with Crippen LogP contribution in [0.15, 0.2) is 0 Å². The molecule has 0 saturated carbocycles. The lowest BCUT2D eigenvalue weighted by atomic mass is 10.1. The van der Waals surface area contributed by atoms with E-state index in [0.29, 0.717) is 32.1 Å². The van der Waals surface area contributed by atoms with E-state index in [1.54, 1.807) is 7.05 Å². The van der Waals surface area contributed by atoms with E-state index in [-0.39, 0.29) is 18.2 Å². The molecule has 0 aromatic rings. The third kappa shape index (κ3) is 7.12. The van der Waals surface area contributed by atoms with E-state index in [4.69, 9.17) is 5.11 Å². The van der Waals surface area contributed by atoms with E-state index >= 15 is 0 Å². The highest BCUT2D eigenvalue weighted by Gasteiger charge is 2.44. The fraction of sp³-hybridized carbons (Fsp3) is 0.737. The zero-order chi connectivity index (χ0) is 22.1. The average molecular weight is 412 g/mol. The third-order valence-electron chi connectivity index (χ3n) is 4.40. The number of carbonyl (C=O) groups excluding carboxylic acids is 4. The summed E-state index contributed by atoms with van der Waals surface area (Å²) in [6, 6.07) is -2.71. The van der Waals surface area contributed by atoms with E-state index in [2.05, 4.69) is 31.4 Å². The molecule has 0 aliphatic carbocycles. The summed E-state index contributed by atoms with van der Waals surface area (Å²) in [6.45, 7) is 6.84. The Balaban J connectivity index is 0.000000960. The molecule has 0 radical (unpaired) electrons. The van der Waals surface area contributed by atoms with E-state index in [9.17, 15) is 24.0 Å². The molecular weight excluding hydrogens is 380 g/mol. The van der Waals surface area contributed by atoms with Crippen LogP contribution >= 0.6 is 0 Å². The number of hydrogen-bond acceptors (Lipinski definition) is 6. The predicted octanol–water partition coefficient (Wildman–Crippen LogP) is -0.0765. The summed E-state index contributed by atoms with van der Waals surface area (Å²) < 4.78 is 0. The molecule has 0 unspecified atom stereocenters. The number of aldehydes is 1. The van der Waals surface area contributed by atoms with Crippen LogP contribution in [0.3, 0.4) is 0 Å². The van der Waals surface area contributed by atoms with Gasteiger partial charge in [-0.2, -0.15) is 0 Å². The second kappa shape index (κ2) is 11.5. The molecule has 10 nitrogen and oxygen atoms in total. The van der Waals surface area contributed by atoms with Crippen molar-refractivity contribution in [3.63, 3.8) is 0 Å². The van der Waals surface area contributed by atoms with Gasteiger partial charge in [0, 0.05) is 13.0 Å². The Kier molecular flexibility index (Phi) is 9.73. The topological polar surface area (TPSA) is 136 Å². The van der Waals surface area contributed by atoms with E-state index in [1.807, 2.05) is 0 Å². The number of rotatable bonds is 6. The number of carboxylic acids is 1. The first-order chi connectivity index (χ1) is 13.6. The number of hydrazine groups is 1. The van der Waals surface area contributed by atoms with Gasteiger partial charge in [0.25, 0.3) is 5.91 Å². The Morgan fingerprint density at radius 2 is 1.86 bits per heavy atom. The van der Waals surface area contributed by atoms with Crippen molar-refractivity contribution in [1.29, 1.82) is 0 Å². The molecule has 10 heteroatoms. The van der Waals surface area contributed by atoms with Crippen LogP contribution in [-0.4, -0.2) is 76.8 Å². The fourth-order valence-corrected chi connectivity index (χ4v) is 3.14. The summed E-state index contributed by atoms with van der Waals surface area (Å²) >= 11 is 0. The van der Waals surface area contributed by atoms with Crippen LogP contribution in [0.5, 0.6) is 0 Å². The molecule has 2 heterocycles. The lowest BCUT2D eigenvalue weighted by Gasteiger charge is -2.43. The molecule has 0 bridgehead atoms. The Hall–Kier alpha value is -2.49. The van der Waals surface area contributed by atoms with Crippen LogP contribution in [0.1, 0.15) is 52.9 Å². The highest BCUT2D eigenvalue weighted by Crippen LogP contribution is 2.24. The van der Waals surface area contributed by atoms with Crippen LogP contribution in [0.4, 0.5) is 0 Å². The first-order valence-corrected chi connectivity index (χ1v) is 9.90. The van der Waals surface area contributed by atoms with Gasteiger partial charge in [0.15, 0.2) is 0 Å². The van der Waals surface area contributed by atoms with Gasteiger partial charge in [-0.1, -0.05) is 20.8 Å². The van der Waals surface area contributed by atoms with E-state index in [0.717, 1.165) is 10.9 Å². The quantitative estimate of drug-likeness (QED) is 0.519. The minimum Gasteiger partial charge on any atom is -0.481 e. The normalized spacial score (nSPS) is 22.8. The van der Waals surface area contributed by atoms with Crippen molar-refractivity contribution in [2.24, 2.45) is 5.92 Å². The number of aliphatic carboxylic acids is 1. The first-order valence-electron chi connectivity index (χ1n) is 9.90. The summed E-state index contributed by atoms with van der Waals surface area (Å²) in [5, 5.41) is 16.4. The Morgan fingerprint density at radius 3 is 2.38 bits per heavy atom. The first kappa shape index (κ1) is 24.5. The van der Waals surface area contributed by atoms with Gasteiger partial charge in [-0.15, -0.1) is 0 Å². The summed E-state index contributed by atoms with van der Waals surface area (Å²) in [5.74, 6) is -1.64. The molecule has 3 amide bonds. The van der Waals surface area contributed by atoms with Crippen LogP contribution in [0.25, 0.3) is 0 Å². The number of nitrogens with one attached hydrogen (secondary N) is 2. The summed E-state index contributed by atoms with van der Waals surface area (Å²) in [6.07, 6.45) is 1.19. The molecule has 0 aromatic carbocycles. The standard InChI is InChI=1S/C15H22N4O6.C4H10/c1-16-10-4-5-12(21)18-6-2-3-11(19(18)15(10)25)14(24)17-9(8-20)7-13(22)23;1-4(2)3/h8-11,16H,2-7H2,1H3,(H,17,24)(H,22,23);4H,1-3H3/t9-,10-,11-;/m0./s1. The van der Waals surface area contributed by atoms with E-state index in [1.165, 1.54) is 5.01 Å². The molecule has 0 spiro atoms. The molecular formula is C19H32N4O6. The van der Waals surface area contributed by atoms with Gasteiger partial charge in [-0.25, -0.2) is 5.01 Å². The number of hydrogen-bond donors (Lipinski definition) is 3. The van der Waals surface area contributed by atoms with Gasteiger partial charge in [0.1, 0.15) is 12.3 Å². The number of carbonyl (C=O) groups is 5. The van der Waals surface area contributed by atoms with Crippen molar-refractivity contribution in [2.45, 2.75) is 71.0 Å². The second-order valence-electron chi connectivity index (χ2n) is 7.82. The van der Waals surface area contributed by atoms with E-state index < -0.39 is 36.4 Å². The van der Waals surface area contributed by atoms with Crippen LogP contribution in [0.2, 0.25) is 0 Å². The fourth-order valence-electron chi connectivity index (χ4n) is 3.14. The zero-order valence-corrected chi connectivity index (χ0v) is 17.5. The molecule has 2 aliphatic heterocycles. The predicted molar refractivity (Wildman–Crippen MR) is 104 cm³/mol. The number of nitrogens with zero attached hydrogens (tertiary/aromatic N) is 2. The maximum atomic E-state index is 12.7. The second-order valence-corrected chi connectivity index (χ2v) is 7.82. The highest BCUT2D eigenvalue weighted by atomic mass is 16.4.